The average Bonchev–Trinajstić information content (AvgIpc) is 2.85. The van der Waals surface area contributed by atoms with Gasteiger partial charge in [0.15, 0.2) is 11.3 Å². The predicted octanol–water partition coefficient (Wildman–Crippen LogP) is 4.46. The Morgan fingerprint density at radius 2 is 1.95 bits per heavy atom. The molecule has 0 atom stereocenters. The minimum atomic E-state index is 0.794. The molecule has 116 valence electrons. The van der Waals surface area contributed by atoms with Gasteiger partial charge in [-0.1, -0.05) is 27.2 Å². The maximum Gasteiger partial charge on any atom is 0.176 e. The molecule has 0 aliphatic rings. The molecule has 0 amide bonds. The normalized spacial score (nSPS) is 11.2. The summed E-state index contributed by atoms with van der Waals surface area (Å²) in [6, 6.07) is 4.35. The Bertz CT molecular complexity index is 586. The van der Waals surface area contributed by atoms with E-state index < -0.39 is 0 Å². The van der Waals surface area contributed by atoms with E-state index in [1.54, 1.807) is 7.11 Å². The minimum Gasteiger partial charge on any atom is -0.493 e. The number of hydrogen-bond donors (Lipinski definition) is 1. The smallest absolute Gasteiger partial charge is 0.176 e. The van der Waals surface area contributed by atoms with Crippen LogP contribution >= 0.6 is 0 Å². The largest absolute Gasteiger partial charge is 0.493 e. The molecule has 1 aromatic heterocycles. The molecule has 1 aromatic carbocycles. The van der Waals surface area contributed by atoms with Gasteiger partial charge in [0.05, 0.1) is 13.7 Å². The molecular weight excluding hydrogens is 262 g/mol. The Labute approximate surface area is 127 Å². The molecule has 2 rings (SSSR count). The Balaban J connectivity index is 2.50. The fourth-order valence-corrected chi connectivity index (χ4v) is 2.73. The third-order valence-electron chi connectivity index (χ3n) is 3.84. The van der Waals surface area contributed by atoms with Crippen molar-refractivity contribution in [2.24, 2.45) is 0 Å². The third kappa shape index (κ3) is 3.41. The molecule has 3 nitrogen and oxygen atoms in total. The van der Waals surface area contributed by atoms with E-state index in [9.17, 15) is 0 Å². The number of methoxy groups -OCH3 is 1. The van der Waals surface area contributed by atoms with Gasteiger partial charge in [-0.15, -0.1) is 0 Å². The number of ether oxygens (including phenoxy) is 1. The van der Waals surface area contributed by atoms with Crippen LogP contribution in [-0.4, -0.2) is 13.7 Å². The summed E-state index contributed by atoms with van der Waals surface area (Å²) in [5, 5.41) is 4.67. The zero-order valence-corrected chi connectivity index (χ0v) is 13.7. The number of furan rings is 1. The second-order valence-electron chi connectivity index (χ2n) is 5.46. The third-order valence-corrected chi connectivity index (χ3v) is 3.84. The minimum absolute atomic E-state index is 0.794. The quantitative estimate of drug-likeness (QED) is 0.729. The molecule has 0 radical (unpaired) electrons. The van der Waals surface area contributed by atoms with Crippen molar-refractivity contribution in [1.82, 2.24) is 5.32 Å². The highest BCUT2D eigenvalue weighted by Gasteiger charge is 2.17. The summed E-state index contributed by atoms with van der Waals surface area (Å²) in [6.07, 6.45) is 4.31. The maximum atomic E-state index is 6.13. The fourth-order valence-electron chi connectivity index (χ4n) is 2.73. The van der Waals surface area contributed by atoms with Gasteiger partial charge in [0.2, 0.25) is 0 Å². The highest BCUT2D eigenvalue weighted by molar-refractivity contribution is 5.88. The lowest BCUT2D eigenvalue weighted by atomic mass is 10.0. The Kier molecular flexibility index (Phi) is 5.68. The highest BCUT2D eigenvalue weighted by atomic mass is 16.5. The van der Waals surface area contributed by atoms with Gasteiger partial charge in [-0.25, -0.2) is 0 Å². The lowest BCUT2D eigenvalue weighted by Gasteiger charge is -2.05. The molecule has 0 unspecified atom stereocenters. The number of nitrogens with one attached hydrogen (secondary N) is 1. The van der Waals surface area contributed by atoms with Crippen molar-refractivity contribution in [3.8, 4) is 5.75 Å². The number of hydrogen-bond acceptors (Lipinski definition) is 3. The second-order valence-corrected chi connectivity index (χ2v) is 5.46. The molecule has 0 aliphatic heterocycles. The van der Waals surface area contributed by atoms with Crippen molar-refractivity contribution in [1.29, 1.82) is 0 Å². The van der Waals surface area contributed by atoms with Crippen LogP contribution in [0.2, 0.25) is 0 Å². The molecule has 0 spiro atoms. The van der Waals surface area contributed by atoms with Gasteiger partial charge in [0.1, 0.15) is 5.76 Å². The highest BCUT2D eigenvalue weighted by Crippen LogP contribution is 2.35. The average molecular weight is 289 g/mol. The summed E-state index contributed by atoms with van der Waals surface area (Å²) in [4.78, 5) is 0. The summed E-state index contributed by atoms with van der Waals surface area (Å²) in [7, 11) is 1.71. The van der Waals surface area contributed by atoms with Gasteiger partial charge in [-0.2, -0.15) is 0 Å². The maximum absolute atomic E-state index is 6.13. The molecule has 0 saturated carbocycles. The topological polar surface area (TPSA) is 34.4 Å². The SMILES string of the molecule is CCCNCc1oc2c(OC)cc(CC)cc2c1CCC. The van der Waals surface area contributed by atoms with E-state index in [0.29, 0.717) is 0 Å². The van der Waals surface area contributed by atoms with E-state index in [0.717, 1.165) is 55.9 Å². The molecule has 21 heavy (non-hydrogen) atoms. The van der Waals surface area contributed by atoms with Crippen LogP contribution in [0.1, 0.15) is 50.5 Å². The van der Waals surface area contributed by atoms with Crippen LogP contribution in [0.25, 0.3) is 11.0 Å². The van der Waals surface area contributed by atoms with Crippen molar-refractivity contribution in [2.75, 3.05) is 13.7 Å². The molecular formula is C18H27NO2. The summed E-state index contributed by atoms with van der Waals surface area (Å²) >= 11 is 0. The second kappa shape index (κ2) is 7.51. The van der Waals surface area contributed by atoms with Crippen molar-refractivity contribution in [2.45, 2.75) is 53.0 Å². The van der Waals surface area contributed by atoms with Crippen molar-refractivity contribution in [3.05, 3.63) is 29.0 Å². The van der Waals surface area contributed by atoms with Crippen molar-refractivity contribution in [3.63, 3.8) is 0 Å². The van der Waals surface area contributed by atoms with Crippen LogP contribution < -0.4 is 10.1 Å². The van der Waals surface area contributed by atoms with Crippen LogP contribution in [0.4, 0.5) is 0 Å². The first kappa shape index (κ1) is 15.9. The summed E-state index contributed by atoms with van der Waals surface area (Å²) in [5.41, 5.74) is 3.53. The van der Waals surface area contributed by atoms with Gasteiger partial charge in [-0.3, -0.25) is 0 Å². The van der Waals surface area contributed by atoms with E-state index in [1.165, 1.54) is 16.5 Å². The van der Waals surface area contributed by atoms with Crippen LogP contribution in [0.5, 0.6) is 5.75 Å². The standard InChI is InChI=1S/C18H27NO2/c1-5-8-14-15-10-13(7-3)11-16(20-4)18(15)21-17(14)12-19-9-6-2/h10-11,19H,5-9,12H2,1-4H3. The molecule has 3 heteroatoms. The molecule has 0 bridgehead atoms. The summed E-state index contributed by atoms with van der Waals surface area (Å²) in [5.74, 6) is 1.91. The fraction of sp³-hybridized carbons (Fsp3) is 0.556. The van der Waals surface area contributed by atoms with Crippen LogP contribution in [0.15, 0.2) is 16.5 Å². The number of aryl methyl sites for hydroxylation is 2. The summed E-state index contributed by atoms with van der Waals surface area (Å²) in [6.45, 7) is 8.37. The molecule has 0 aliphatic carbocycles. The van der Waals surface area contributed by atoms with Crippen LogP contribution in [0.3, 0.4) is 0 Å². The molecule has 0 fully saturated rings. The lowest BCUT2D eigenvalue weighted by molar-refractivity contribution is 0.405. The monoisotopic (exact) mass is 289 g/mol. The predicted molar refractivity (Wildman–Crippen MR) is 88.1 cm³/mol. The molecule has 1 heterocycles. The number of fused-ring (bicyclic) bond motifs is 1. The van der Waals surface area contributed by atoms with E-state index in [-0.39, 0.29) is 0 Å². The summed E-state index contributed by atoms with van der Waals surface area (Å²) < 4.78 is 11.7. The lowest BCUT2D eigenvalue weighted by Crippen LogP contribution is -2.14. The first-order valence-corrected chi connectivity index (χ1v) is 8.06. The first-order chi connectivity index (χ1) is 10.2. The molecule has 0 saturated heterocycles. The van der Waals surface area contributed by atoms with Crippen LogP contribution in [-0.2, 0) is 19.4 Å². The van der Waals surface area contributed by atoms with E-state index in [4.69, 9.17) is 9.15 Å². The molecule has 1 N–H and O–H groups in total. The Hall–Kier alpha value is -1.48. The Morgan fingerprint density at radius 1 is 1.14 bits per heavy atom. The van der Waals surface area contributed by atoms with Crippen molar-refractivity contribution >= 4 is 11.0 Å². The van der Waals surface area contributed by atoms with Gasteiger partial charge < -0.3 is 14.5 Å². The van der Waals surface area contributed by atoms with Gasteiger partial charge in [0.25, 0.3) is 0 Å². The Morgan fingerprint density at radius 3 is 2.57 bits per heavy atom. The molecule has 2 aromatic rings. The van der Waals surface area contributed by atoms with E-state index >= 15 is 0 Å². The van der Waals surface area contributed by atoms with E-state index in [2.05, 4.69) is 38.2 Å². The zero-order valence-electron chi connectivity index (χ0n) is 13.7. The first-order valence-electron chi connectivity index (χ1n) is 8.06. The van der Waals surface area contributed by atoms with E-state index in [1.807, 2.05) is 0 Å². The van der Waals surface area contributed by atoms with Crippen molar-refractivity contribution < 1.29 is 9.15 Å². The van der Waals surface area contributed by atoms with Gasteiger partial charge in [0, 0.05) is 10.9 Å². The number of benzene rings is 1. The zero-order chi connectivity index (χ0) is 15.2. The van der Waals surface area contributed by atoms with Crippen LogP contribution in [0, 0.1) is 0 Å². The number of rotatable bonds is 8. The van der Waals surface area contributed by atoms with Gasteiger partial charge >= 0.3 is 0 Å². The van der Waals surface area contributed by atoms with Gasteiger partial charge in [-0.05, 0) is 43.5 Å².